The van der Waals surface area contributed by atoms with Gasteiger partial charge in [0.25, 0.3) is 0 Å². The highest BCUT2D eigenvalue weighted by Crippen LogP contribution is 2.44. The predicted octanol–water partition coefficient (Wildman–Crippen LogP) is 6.22. The van der Waals surface area contributed by atoms with Crippen molar-refractivity contribution in [2.75, 3.05) is 7.11 Å². The van der Waals surface area contributed by atoms with Crippen LogP contribution in [0.2, 0.25) is 0 Å². The van der Waals surface area contributed by atoms with Crippen LogP contribution in [0.15, 0.2) is 72.3 Å². The number of allylic oxidation sites excluding steroid dienone is 2. The minimum Gasteiger partial charge on any atom is -0.497 e. The largest absolute Gasteiger partial charge is 0.497 e. The van der Waals surface area contributed by atoms with Gasteiger partial charge in [0.2, 0.25) is 0 Å². The molecule has 0 saturated carbocycles. The molecule has 32 heavy (non-hydrogen) atoms. The van der Waals surface area contributed by atoms with Gasteiger partial charge in [0.15, 0.2) is 0 Å². The van der Waals surface area contributed by atoms with Crippen molar-refractivity contribution in [2.45, 2.75) is 20.0 Å². The van der Waals surface area contributed by atoms with Crippen LogP contribution >= 0.6 is 0 Å². The molecule has 0 aromatic heterocycles. The first-order valence-corrected chi connectivity index (χ1v) is 10.2. The van der Waals surface area contributed by atoms with Crippen molar-refractivity contribution < 1.29 is 23.8 Å². The summed E-state index contributed by atoms with van der Waals surface area (Å²) in [7, 11) is 1.60. The molecule has 3 aromatic rings. The minimum absolute atomic E-state index is 0.0387. The molecular formula is C27H23FO4. The summed E-state index contributed by atoms with van der Waals surface area (Å²) in [5, 5.41) is 9.38. The minimum atomic E-state index is -0.861. The zero-order valence-corrected chi connectivity index (χ0v) is 17.9. The van der Waals surface area contributed by atoms with Crippen molar-refractivity contribution in [1.29, 1.82) is 0 Å². The zero-order valence-electron chi connectivity index (χ0n) is 17.9. The highest BCUT2D eigenvalue weighted by molar-refractivity contribution is 6.07. The van der Waals surface area contributed by atoms with Gasteiger partial charge in [-0.25, -0.2) is 4.39 Å². The molecule has 0 amide bonds. The summed E-state index contributed by atoms with van der Waals surface area (Å²) in [4.78, 5) is 11.4. The van der Waals surface area contributed by atoms with Crippen LogP contribution in [0.1, 0.15) is 35.6 Å². The molecule has 0 bridgehead atoms. The summed E-state index contributed by atoms with van der Waals surface area (Å²) in [6.45, 7) is 2.34. The molecule has 4 rings (SSSR count). The van der Waals surface area contributed by atoms with Crippen LogP contribution in [-0.4, -0.2) is 18.2 Å². The molecule has 3 aromatic carbocycles. The van der Waals surface area contributed by atoms with Gasteiger partial charge < -0.3 is 14.6 Å². The molecule has 1 aliphatic carbocycles. The number of halogens is 1. The van der Waals surface area contributed by atoms with Gasteiger partial charge in [0.05, 0.1) is 13.5 Å². The topological polar surface area (TPSA) is 55.8 Å². The van der Waals surface area contributed by atoms with Gasteiger partial charge in [-0.05, 0) is 88.4 Å². The maximum absolute atomic E-state index is 13.0. The Hall–Kier alpha value is -3.86. The SMILES string of the molecule is COc1ccc2c(c1)C(CC(=O)O)=C(C)/C2=C/c1ccc(COc2ccc(F)cc2)cc1. The number of carbonyl (C=O) groups is 1. The Bertz CT molecular complexity index is 1210. The number of hydrogen-bond acceptors (Lipinski definition) is 3. The molecule has 4 nitrogen and oxygen atoms in total. The molecule has 5 heteroatoms. The molecule has 162 valence electrons. The van der Waals surface area contributed by atoms with Gasteiger partial charge in [-0.1, -0.05) is 30.3 Å². The highest BCUT2D eigenvalue weighted by atomic mass is 19.1. The number of benzene rings is 3. The average Bonchev–Trinajstić information content (AvgIpc) is 3.04. The highest BCUT2D eigenvalue weighted by Gasteiger charge is 2.25. The maximum Gasteiger partial charge on any atom is 0.307 e. The summed E-state index contributed by atoms with van der Waals surface area (Å²) in [6.07, 6.45) is 2.03. The Morgan fingerprint density at radius 2 is 1.66 bits per heavy atom. The molecular weight excluding hydrogens is 407 g/mol. The van der Waals surface area contributed by atoms with E-state index in [1.807, 2.05) is 49.4 Å². The summed E-state index contributed by atoms with van der Waals surface area (Å²) >= 11 is 0. The third kappa shape index (κ3) is 4.57. The molecule has 0 saturated heterocycles. The maximum atomic E-state index is 13.0. The van der Waals surface area contributed by atoms with Gasteiger partial charge in [0, 0.05) is 0 Å². The van der Waals surface area contributed by atoms with E-state index >= 15 is 0 Å². The number of ether oxygens (including phenoxy) is 2. The van der Waals surface area contributed by atoms with Crippen LogP contribution in [0.25, 0.3) is 17.2 Å². The second kappa shape index (κ2) is 9.10. The third-order valence-electron chi connectivity index (χ3n) is 5.54. The fraction of sp³-hybridized carbons (Fsp3) is 0.148. The zero-order chi connectivity index (χ0) is 22.7. The molecule has 0 fully saturated rings. The van der Waals surface area contributed by atoms with E-state index < -0.39 is 5.97 Å². The number of hydrogen-bond donors (Lipinski definition) is 1. The molecule has 1 N–H and O–H groups in total. The van der Waals surface area contributed by atoms with E-state index in [0.29, 0.717) is 18.1 Å². The van der Waals surface area contributed by atoms with Gasteiger partial charge >= 0.3 is 5.97 Å². The number of aliphatic carboxylic acids is 1. The van der Waals surface area contributed by atoms with E-state index in [1.165, 1.54) is 12.1 Å². The van der Waals surface area contributed by atoms with Crippen molar-refractivity contribution in [3.8, 4) is 11.5 Å². The van der Waals surface area contributed by atoms with E-state index in [4.69, 9.17) is 9.47 Å². The van der Waals surface area contributed by atoms with Crippen LogP contribution in [0.5, 0.6) is 11.5 Å². The van der Waals surface area contributed by atoms with Crippen LogP contribution in [0, 0.1) is 5.82 Å². The van der Waals surface area contributed by atoms with Gasteiger partial charge in [-0.3, -0.25) is 4.79 Å². The first kappa shape index (κ1) is 21.4. The normalized spacial score (nSPS) is 13.9. The van der Waals surface area contributed by atoms with Crippen molar-refractivity contribution in [1.82, 2.24) is 0 Å². The third-order valence-corrected chi connectivity index (χ3v) is 5.54. The van der Waals surface area contributed by atoms with Crippen LogP contribution in [0.4, 0.5) is 4.39 Å². The Balaban J connectivity index is 1.58. The molecule has 1 aliphatic rings. The standard InChI is InChI=1S/C27H23FO4/c1-17-24(23-12-11-22(31-2)14-26(23)25(17)15-27(29)30)13-18-3-5-19(6-4-18)16-32-21-9-7-20(28)8-10-21/h3-14H,15-16H2,1-2H3,(H,29,30)/b24-13-. The Labute approximate surface area is 186 Å². The van der Waals surface area contributed by atoms with Crippen LogP contribution in [0.3, 0.4) is 0 Å². The van der Waals surface area contributed by atoms with E-state index in [9.17, 15) is 14.3 Å². The number of rotatable bonds is 7. The molecule has 0 spiro atoms. The first-order chi connectivity index (χ1) is 15.4. The number of fused-ring (bicyclic) bond motifs is 1. The average molecular weight is 430 g/mol. The van der Waals surface area contributed by atoms with Crippen molar-refractivity contribution in [2.24, 2.45) is 0 Å². The Kier molecular flexibility index (Phi) is 6.08. The molecule has 0 atom stereocenters. The lowest BCUT2D eigenvalue weighted by molar-refractivity contribution is -0.135. The quantitative estimate of drug-likeness (QED) is 0.484. The Morgan fingerprint density at radius 3 is 2.31 bits per heavy atom. The van der Waals surface area contributed by atoms with Crippen LogP contribution < -0.4 is 9.47 Å². The Morgan fingerprint density at radius 1 is 0.969 bits per heavy atom. The predicted molar refractivity (Wildman–Crippen MR) is 123 cm³/mol. The molecule has 0 heterocycles. The van der Waals surface area contributed by atoms with E-state index in [2.05, 4.69) is 6.08 Å². The fourth-order valence-electron chi connectivity index (χ4n) is 3.84. The van der Waals surface area contributed by atoms with Gasteiger partial charge in [0.1, 0.15) is 23.9 Å². The van der Waals surface area contributed by atoms with E-state index in [-0.39, 0.29) is 12.2 Å². The molecule has 0 aliphatic heterocycles. The second-order valence-corrected chi connectivity index (χ2v) is 7.63. The van der Waals surface area contributed by atoms with E-state index in [0.717, 1.165) is 39.0 Å². The number of carboxylic acids is 1. The smallest absolute Gasteiger partial charge is 0.307 e. The van der Waals surface area contributed by atoms with Crippen molar-refractivity contribution in [3.63, 3.8) is 0 Å². The van der Waals surface area contributed by atoms with Gasteiger partial charge in [-0.15, -0.1) is 0 Å². The van der Waals surface area contributed by atoms with Crippen molar-refractivity contribution >= 4 is 23.2 Å². The monoisotopic (exact) mass is 430 g/mol. The fourth-order valence-corrected chi connectivity index (χ4v) is 3.84. The van der Waals surface area contributed by atoms with Crippen LogP contribution in [-0.2, 0) is 11.4 Å². The molecule has 0 radical (unpaired) electrons. The van der Waals surface area contributed by atoms with Crippen molar-refractivity contribution in [3.05, 3.63) is 100 Å². The summed E-state index contributed by atoms with van der Waals surface area (Å²) in [5.41, 5.74) is 6.67. The summed E-state index contributed by atoms with van der Waals surface area (Å²) in [6, 6.07) is 19.7. The lowest BCUT2D eigenvalue weighted by Crippen LogP contribution is -1.97. The summed E-state index contributed by atoms with van der Waals surface area (Å²) in [5.74, 6) is 0.158. The summed E-state index contributed by atoms with van der Waals surface area (Å²) < 4.78 is 24.0. The van der Waals surface area contributed by atoms with E-state index in [1.54, 1.807) is 19.2 Å². The number of carboxylic acid groups (broad SMARTS) is 1. The van der Waals surface area contributed by atoms with Gasteiger partial charge in [-0.2, -0.15) is 0 Å². The second-order valence-electron chi connectivity index (χ2n) is 7.63. The number of methoxy groups -OCH3 is 1. The first-order valence-electron chi connectivity index (χ1n) is 10.2. The lowest BCUT2D eigenvalue weighted by Gasteiger charge is -2.08. The molecule has 0 unspecified atom stereocenters. The lowest BCUT2D eigenvalue weighted by atomic mass is 10.00.